The molecule has 1 unspecified atom stereocenters. The molecule has 0 bridgehead atoms. The fourth-order valence-corrected chi connectivity index (χ4v) is 2.06. The molecule has 1 atom stereocenters. The zero-order valence-electron chi connectivity index (χ0n) is 11.2. The van der Waals surface area contributed by atoms with Crippen LogP contribution in [0.15, 0.2) is 0 Å². The van der Waals surface area contributed by atoms with Crippen LogP contribution >= 0.6 is 0 Å². The van der Waals surface area contributed by atoms with Gasteiger partial charge in [-0.15, -0.1) is 0 Å². The van der Waals surface area contributed by atoms with Gasteiger partial charge in [-0.3, -0.25) is 9.69 Å². The fourth-order valence-electron chi connectivity index (χ4n) is 2.06. The first-order valence-electron chi connectivity index (χ1n) is 6.08. The van der Waals surface area contributed by atoms with Crippen LogP contribution in [0.1, 0.15) is 34.1 Å². The normalized spacial score (nSPS) is 26.8. The highest BCUT2D eigenvalue weighted by Gasteiger charge is 2.43. The lowest BCUT2D eigenvalue weighted by atomic mass is 9.97. The second kappa shape index (κ2) is 4.72. The first kappa shape index (κ1) is 13.5. The maximum atomic E-state index is 12.3. The molecule has 1 aliphatic heterocycles. The summed E-state index contributed by atoms with van der Waals surface area (Å²) in [6, 6.07) is 0.670. The van der Waals surface area contributed by atoms with Crippen LogP contribution in [-0.4, -0.2) is 53.5 Å². The molecule has 1 saturated heterocycles. The van der Waals surface area contributed by atoms with E-state index < -0.39 is 5.54 Å². The van der Waals surface area contributed by atoms with Crippen LogP contribution in [0.2, 0.25) is 0 Å². The van der Waals surface area contributed by atoms with E-state index in [0.29, 0.717) is 12.6 Å². The lowest BCUT2D eigenvalue weighted by Crippen LogP contribution is -2.57. The molecule has 0 aliphatic carbocycles. The van der Waals surface area contributed by atoms with E-state index in [9.17, 15) is 4.79 Å². The van der Waals surface area contributed by atoms with Crippen molar-refractivity contribution in [1.82, 2.24) is 9.80 Å². The number of rotatable bonds is 3. The maximum Gasteiger partial charge on any atom is 0.244 e. The molecule has 4 heteroatoms. The van der Waals surface area contributed by atoms with Gasteiger partial charge in [-0.05, 0) is 34.1 Å². The van der Waals surface area contributed by atoms with Crippen molar-refractivity contribution in [2.75, 3.05) is 20.1 Å². The summed E-state index contributed by atoms with van der Waals surface area (Å²) in [4.78, 5) is 16.3. The number of amides is 1. The predicted molar refractivity (Wildman–Crippen MR) is 66.2 cm³/mol. The second-order valence-corrected chi connectivity index (χ2v) is 5.48. The zero-order chi connectivity index (χ0) is 12.5. The Morgan fingerprint density at radius 2 is 1.94 bits per heavy atom. The molecule has 1 amide bonds. The van der Waals surface area contributed by atoms with Crippen LogP contribution in [0, 0.1) is 0 Å². The molecule has 4 nitrogen and oxygen atoms in total. The minimum absolute atomic E-state index is 0.0747. The summed E-state index contributed by atoms with van der Waals surface area (Å²) >= 11 is 0. The van der Waals surface area contributed by atoms with E-state index in [-0.39, 0.29) is 11.9 Å². The van der Waals surface area contributed by atoms with Gasteiger partial charge in [-0.25, -0.2) is 0 Å². The highest BCUT2D eigenvalue weighted by molar-refractivity contribution is 5.86. The van der Waals surface area contributed by atoms with Crippen LogP contribution in [0.3, 0.4) is 0 Å². The van der Waals surface area contributed by atoms with Gasteiger partial charge < -0.3 is 10.6 Å². The molecule has 0 aromatic rings. The van der Waals surface area contributed by atoms with Crippen molar-refractivity contribution in [3.05, 3.63) is 0 Å². The van der Waals surface area contributed by atoms with Gasteiger partial charge in [0, 0.05) is 32.2 Å². The molecular weight excluding hydrogens is 202 g/mol. The van der Waals surface area contributed by atoms with Crippen LogP contribution < -0.4 is 5.73 Å². The summed E-state index contributed by atoms with van der Waals surface area (Å²) in [6.07, 6.45) is 0.765. The Morgan fingerprint density at radius 3 is 2.31 bits per heavy atom. The molecule has 1 rings (SSSR count). The van der Waals surface area contributed by atoms with Gasteiger partial charge in [0.05, 0.1) is 0 Å². The number of hydrogen-bond donors (Lipinski definition) is 1. The van der Waals surface area contributed by atoms with Gasteiger partial charge in [-0.2, -0.15) is 0 Å². The predicted octanol–water partition coefficient (Wildman–Crippen LogP) is 0.665. The SMILES string of the molecule is CC(C)N1CCC(N)(C(=O)N(C)C(C)C)C1. The van der Waals surface area contributed by atoms with E-state index in [1.807, 2.05) is 20.9 Å². The Morgan fingerprint density at radius 1 is 1.38 bits per heavy atom. The lowest BCUT2D eigenvalue weighted by molar-refractivity contribution is -0.136. The summed E-state index contributed by atoms with van der Waals surface area (Å²) in [5, 5.41) is 0. The van der Waals surface area contributed by atoms with Crippen molar-refractivity contribution < 1.29 is 4.79 Å². The largest absolute Gasteiger partial charge is 0.342 e. The highest BCUT2D eigenvalue weighted by atomic mass is 16.2. The summed E-state index contributed by atoms with van der Waals surface area (Å²) in [5.41, 5.74) is 5.56. The molecule has 1 heterocycles. The Bertz CT molecular complexity index is 265. The quantitative estimate of drug-likeness (QED) is 0.771. The molecule has 0 radical (unpaired) electrons. The summed E-state index contributed by atoms with van der Waals surface area (Å²) in [5.74, 6) is 0.0747. The Hall–Kier alpha value is -0.610. The van der Waals surface area contributed by atoms with Crippen LogP contribution in [0.25, 0.3) is 0 Å². The van der Waals surface area contributed by atoms with E-state index in [0.717, 1.165) is 13.0 Å². The summed E-state index contributed by atoms with van der Waals surface area (Å²) in [7, 11) is 1.83. The first-order chi connectivity index (χ1) is 7.28. The molecule has 0 aromatic heterocycles. The smallest absolute Gasteiger partial charge is 0.244 e. The third kappa shape index (κ3) is 2.55. The molecule has 94 valence electrons. The molecule has 1 aliphatic rings. The molecular formula is C12H25N3O. The van der Waals surface area contributed by atoms with Gasteiger partial charge >= 0.3 is 0 Å². The third-order valence-corrected chi connectivity index (χ3v) is 3.58. The number of likely N-dealkylation sites (N-methyl/N-ethyl adjacent to an activating group) is 1. The van der Waals surface area contributed by atoms with Gasteiger partial charge in [-0.1, -0.05) is 0 Å². The summed E-state index contributed by atoms with van der Waals surface area (Å²) in [6.45, 7) is 9.91. The van der Waals surface area contributed by atoms with Crippen molar-refractivity contribution in [2.24, 2.45) is 5.73 Å². The van der Waals surface area contributed by atoms with E-state index >= 15 is 0 Å². The lowest BCUT2D eigenvalue weighted by Gasteiger charge is -2.32. The van der Waals surface area contributed by atoms with Gasteiger partial charge in [0.2, 0.25) is 5.91 Å². The average Bonchev–Trinajstić information content (AvgIpc) is 2.60. The molecule has 16 heavy (non-hydrogen) atoms. The standard InChI is InChI=1S/C12H25N3O/c1-9(2)14(5)11(16)12(13)6-7-15(8-12)10(3)4/h9-10H,6-8,13H2,1-5H3. The second-order valence-electron chi connectivity index (χ2n) is 5.48. The molecule has 0 saturated carbocycles. The third-order valence-electron chi connectivity index (χ3n) is 3.58. The Labute approximate surface area is 98.8 Å². The van der Waals surface area contributed by atoms with Crippen LogP contribution in [0.4, 0.5) is 0 Å². The minimum Gasteiger partial charge on any atom is -0.342 e. The van der Waals surface area contributed by atoms with Crippen molar-refractivity contribution >= 4 is 5.91 Å². The summed E-state index contributed by atoms with van der Waals surface area (Å²) < 4.78 is 0. The number of likely N-dealkylation sites (tertiary alicyclic amines) is 1. The van der Waals surface area contributed by atoms with Crippen molar-refractivity contribution in [3.63, 3.8) is 0 Å². The van der Waals surface area contributed by atoms with Crippen molar-refractivity contribution in [2.45, 2.75) is 51.7 Å². The first-order valence-corrected chi connectivity index (χ1v) is 6.08. The number of hydrogen-bond acceptors (Lipinski definition) is 3. The molecule has 0 aromatic carbocycles. The Kier molecular flexibility index (Phi) is 3.97. The molecule has 0 spiro atoms. The van der Waals surface area contributed by atoms with E-state index in [1.165, 1.54) is 0 Å². The average molecular weight is 227 g/mol. The monoisotopic (exact) mass is 227 g/mol. The molecule has 2 N–H and O–H groups in total. The van der Waals surface area contributed by atoms with Gasteiger partial charge in [0.1, 0.15) is 5.54 Å². The number of nitrogens with zero attached hydrogens (tertiary/aromatic N) is 2. The van der Waals surface area contributed by atoms with Gasteiger partial charge in [0.15, 0.2) is 0 Å². The number of carbonyl (C=O) groups excluding carboxylic acids is 1. The molecule has 1 fully saturated rings. The van der Waals surface area contributed by atoms with E-state index in [1.54, 1.807) is 4.90 Å². The van der Waals surface area contributed by atoms with Crippen LogP contribution in [0.5, 0.6) is 0 Å². The van der Waals surface area contributed by atoms with E-state index in [4.69, 9.17) is 5.73 Å². The van der Waals surface area contributed by atoms with Crippen LogP contribution in [-0.2, 0) is 4.79 Å². The van der Waals surface area contributed by atoms with Crippen molar-refractivity contribution in [3.8, 4) is 0 Å². The minimum atomic E-state index is -0.677. The Balaban J connectivity index is 2.70. The zero-order valence-corrected chi connectivity index (χ0v) is 11.2. The van der Waals surface area contributed by atoms with Gasteiger partial charge in [0.25, 0.3) is 0 Å². The van der Waals surface area contributed by atoms with E-state index in [2.05, 4.69) is 18.7 Å². The topological polar surface area (TPSA) is 49.6 Å². The number of carbonyl (C=O) groups is 1. The fraction of sp³-hybridized carbons (Fsp3) is 0.917. The number of nitrogens with two attached hydrogens (primary N) is 1. The maximum absolute atomic E-state index is 12.3. The highest BCUT2D eigenvalue weighted by Crippen LogP contribution is 2.23. The van der Waals surface area contributed by atoms with Crippen molar-refractivity contribution in [1.29, 1.82) is 0 Å².